The Bertz CT molecular complexity index is 1790. The van der Waals surface area contributed by atoms with Gasteiger partial charge < -0.3 is 30.1 Å². The number of hydrogen-bond acceptors (Lipinski definition) is 9. The summed E-state index contributed by atoms with van der Waals surface area (Å²) in [5.41, 5.74) is -2.75. The SMILES string of the molecule is COC1=C(C=O)[C@H](C)[C@@]23O[C@]24c2cc(O)c5c(c2N[C@H]3C#C/C=C\C#C[C@@H]14)C(=O)c1c(O)ccc(O)c1C5=O. The number of ether oxygens (including phenoxy) is 2. The number of allylic oxidation sites excluding steroid dienone is 2. The van der Waals surface area contributed by atoms with Gasteiger partial charge >= 0.3 is 0 Å². The van der Waals surface area contributed by atoms with E-state index in [1.54, 1.807) is 12.2 Å². The Balaban J connectivity index is 1.59. The molecule has 192 valence electrons. The molecule has 5 atom stereocenters. The number of aromatic hydroxyl groups is 3. The highest BCUT2D eigenvalue weighted by atomic mass is 16.6. The Morgan fingerprint density at radius 1 is 0.974 bits per heavy atom. The molecule has 5 aliphatic rings. The number of rotatable bonds is 2. The Kier molecular flexibility index (Phi) is 4.34. The number of phenols is 3. The van der Waals surface area contributed by atoms with Gasteiger partial charge in [-0.3, -0.25) is 14.4 Å². The minimum absolute atomic E-state index is 0.176. The molecule has 0 radical (unpaired) electrons. The average Bonchev–Trinajstić information content (AvgIpc) is 3.64. The maximum absolute atomic E-state index is 13.9. The monoisotopic (exact) mass is 521 g/mol. The summed E-state index contributed by atoms with van der Waals surface area (Å²) in [7, 11) is 1.44. The summed E-state index contributed by atoms with van der Waals surface area (Å²) in [5.74, 6) is 8.00. The molecule has 0 aromatic heterocycles. The zero-order valence-corrected chi connectivity index (χ0v) is 20.6. The van der Waals surface area contributed by atoms with Crippen LogP contribution in [0.1, 0.15) is 44.3 Å². The van der Waals surface area contributed by atoms with Gasteiger partial charge in [0.25, 0.3) is 0 Å². The summed E-state index contributed by atoms with van der Waals surface area (Å²) in [4.78, 5) is 39.7. The molecule has 1 saturated heterocycles. The number of nitrogens with one attached hydrogen (secondary N) is 1. The molecule has 0 unspecified atom stereocenters. The van der Waals surface area contributed by atoms with Crippen LogP contribution in [0.4, 0.5) is 5.69 Å². The van der Waals surface area contributed by atoms with Gasteiger partial charge in [-0.25, -0.2) is 0 Å². The van der Waals surface area contributed by atoms with E-state index in [1.807, 2.05) is 6.92 Å². The van der Waals surface area contributed by atoms with Crippen LogP contribution in [-0.2, 0) is 19.9 Å². The predicted molar refractivity (Wildman–Crippen MR) is 135 cm³/mol. The van der Waals surface area contributed by atoms with Crippen LogP contribution in [0.25, 0.3) is 0 Å². The van der Waals surface area contributed by atoms with E-state index in [2.05, 4.69) is 29.0 Å². The molecular formula is C30H19NO8. The van der Waals surface area contributed by atoms with Crippen molar-refractivity contribution in [1.29, 1.82) is 0 Å². The minimum atomic E-state index is -1.29. The number of phenolic OH excluding ortho intramolecular Hbond substituents is 3. The number of anilines is 1. The van der Waals surface area contributed by atoms with Gasteiger partial charge in [-0.05, 0) is 30.4 Å². The molecule has 1 fully saturated rings. The smallest absolute Gasteiger partial charge is 0.202 e. The van der Waals surface area contributed by atoms with Crippen LogP contribution in [0.2, 0.25) is 0 Å². The fourth-order valence-corrected chi connectivity index (χ4v) is 6.84. The summed E-state index contributed by atoms with van der Waals surface area (Å²) in [6.07, 6.45) is 3.87. The number of carbonyl (C=O) groups is 3. The van der Waals surface area contributed by atoms with Crippen LogP contribution in [0.15, 0.2) is 41.7 Å². The first kappa shape index (κ1) is 23.2. The van der Waals surface area contributed by atoms with Gasteiger partial charge in [0.05, 0.1) is 35.1 Å². The van der Waals surface area contributed by atoms with Crippen molar-refractivity contribution in [3.63, 3.8) is 0 Å². The first-order valence-electron chi connectivity index (χ1n) is 12.2. The van der Waals surface area contributed by atoms with Crippen molar-refractivity contribution in [2.75, 3.05) is 12.4 Å². The molecule has 4 N–H and O–H groups in total. The number of aldehydes is 1. The molecule has 3 aliphatic carbocycles. The molecule has 7 rings (SSSR count). The largest absolute Gasteiger partial charge is 0.507 e. The number of methoxy groups -OCH3 is 1. The van der Waals surface area contributed by atoms with Gasteiger partial charge in [0.1, 0.15) is 52.5 Å². The molecule has 2 aromatic rings. The van der Waals surface area contributed by atoms with Crippen LogP contribution < -0.4 is 5.32 Å². The number of epoxide rings is 1. The Hall–Kier alpha value is -4.99. The Morgan fingerprint density at radius 2 is 1.59 bits per heavy atom. The van der Waals surface area contributed by atoms with Gasteiger partial charge in [0.2, 0.25) is 11.6 Å². The van der Waals surface area contributed by atoms with Gasteiger partial charge in [-0.15, -0.1) is 0 Å². The number of ketones is 2. The summed E-state index contributed by atoms with van der Waals surface area (Å²) in [5, 5.41) is 35.4. The number of fused-ring (bicyclic) bond motifs is 4. The van der Waals surface area contributed by atoms with Crippen molar-refractivity contribution in [2.24, 2.45) is 11.8 Å². The topological polar surface area (TPSA) is 146 Å². The van der Waals surface area contributed by atoms with E-state index in [0.29, 0.717) is 16.9 Å². The van der Waals surface area contributed by atoms with Crippen molar-refractivity contribution < 1.29 is 39.2 Å². The van der Waals surface area contributed by atoms with Crippen molar-refractivity contribution in [2.45, 2.75) is 24.2 Å². The fourth-order valence-electron chi connectivity index (χ4n) is 6.84. The normalized spacial score (nSPS) is 31.0. The van der Waals surface area contributed by atoms with E-state index in [-0.39, 0.29) is 27.9 Å². The molecule has 2 aromatic carbocycles. The lowest BCUT2D eigenvalue weighted by Gasteiger charge is -2.43. The third-order valence-electron chi connectivity index (χ3n) is 8.48. The minimum Gasteiger partial charge on any atom is -0.507 e. The lowest BCUT2D eigenvalue weighted by atomic mass is 9.59. The quantitative estimate of drug-likeness (QED) is 0.173. The van der Waals surface area contributed by atoms with E-state index in [1.165, 1.54) is 13.2 Å². The van der Waals surface area contributed by atoms with Crippen LogP contribution in [0, 0.1) is 35.5 Å². The summed E-state index contributed by atoms with van der Waals surface area (Å²) in [6, 6.07) is 2.82. The first-order chi connectivity index (χ1) is 18.7. The van der Waals surface area contributed by atoms with Crippen molar-refractivity contribution in [3.8, 4) is 40.9 Å². The number of hydrogen-bond donors (Lipinski definition) is 4. The molecule has 0 amide bonds. The lowest BCUT2D eigenvalue weighted by molar-refractivity contribution is -0.106. The van der Waals surface area contributed by atoms with E-state index < -0.39 is 57.9 Å². The second-order valence-corrected chi connectivity index (χ2v) is 10.00. The Labute approximate surface area is 221 Å². The third-order valence-corrected chi connectivity index (χ3v) is 8.48. The van der Waals surface area contributed by atoms with Crippen molar-refractivity contribution in [3.05, 3.63) is 69.5 Å². The standard InChI is InChI=1S/C30H19NO8/c1-13-14(12-32)28(38-2)15-7-5-3-4-6-8-20-29(13)30(15,39-29)16-11-19(35)23-24(25(16)31-20)27(37)22-18(34)10-9-17(33)21(22)26(23)36/h3-4,9-13,15,20,31,33-35H,1-2H3/b4-3-/t13-,15-,20-,29-,30+/m0/s1. The maximum atomic E-state index is 13.9. The molecule has 4 bridgehead atoms. The fraction of sp³-hybridized carbons (Fsp3) is 0.233. The second-order valence-electron chi connectivity index (χ2n) is 10.00. The van der Waals surface area contributed by atoms with E-state index >= 15 is 0 Å². The van der Waals surface area contributed by atoms with Crippen molar-refractivity contribution in [1.82, 2.24) is 0 Å². The average molecular weight is 521 g/mol. The molecule has 0 saturated carbocycles. The predicted octanol–water partition coefficient (Wildman–Crippen LogP) is 2.28. The summed E-state index contributed by atoms with van der Waals surface area (Å²) >= 11 is 0. The first-order valence-corrected chi connectivity index (χ1v) is 12.2. The van der Waals surface area contributed by atoms with E-state index in [9.17, 15) is 29.7 Å². The van der Waals surface area contributed by atoms with Gasteiger partial charge in [-0.1, -0.05) is 30.6 Å². The van der Waals surface area contributed by atoms with E-state index in [4.69, 9.17) is 9.47 Å². The highest BCUT2D eigenvalue weighted by molar-refractivity contribution is 6.33. The molecule has 0 spiro atoms. The van der Waals surface area contributed by atoms with Crippen LogP contribution in [0.5, 0.6) is 17.2 Å². The zero-order chi connectivity index (χ0) is 27.4. The van der Waals surface area contributed by atoms with Crippen LogP contribution in [-0.4, -0.2) is 51.9 Å². The second kappa shape index (κ2) is 7.31. The Morgan fingerprint density at radius 3 is 2.23 bits per heavy atom. The number of carbonyl (C=O) groups excluding carboxylic acids is 3. The third kappa shape index (κ3) is 2.44. The molecule has 2 heterocycles. The zero-order valence-electron chi connectivity index (χ0n) is 20.6. The van der Waals surface area contributed by atoms with Crippen LogP contribution in [0.3, 0.4) is 0 Å². The summed E-state index contributed by atoms with van der Waals surface area (Å²) < 4.78 is 12.3. The van der Waals surface area contributed by atoms with Gasteiger partial charge in [0.15, 0.2) is 0 Å². The highest BCUT2D eigenvalue weighted by Crippen LogP contribution is 2.74. The lowest BCUT2D eigenvalue weighted by Crippen LogP contribution is -2.55. The molecule has 9 heteroatoms. The van der Waals surface area contributed by atoms with E-state index in [0.717, 1.165) is 18.4 Å². The molecule has 39 heavy (non-hydrogen) atoms. The molecular weight excluding hydrogens is 502 g/mol. The molecule has 9 nitrogen and oxygen atoms in total. The maximum Gasteiger partial charge on any atom is 0.202 e. The van der Waals surface area contributed by atoms with Crippen molar-refractivity contribution >= 4 is 23.5 Å². The highest BCUT2D eigenvalue weighted by Gasteiger charge is 2.84. The number of benzene rings is 2. The molecule has 2 aliphatic heterocycles. The summed E-state index contributed by atoms with van der Waals surface area (Å²) in [6.45, 7) is 1.82. The van der Waals surface area contributed by atoms with Gasteiger partial charge in [0, 0.05) is 17.1 Å². The van der Waals surface area contributed by atoms with Gasteiger partial charge in [-0.2, -0.15) is 0 Å². The van der Waals surface area contributed by atoms with Crippen LogP contribution >= 0.6 is 0 Å².